The summed E-state index contributed by atoms with van der Waals surface area (Å²) in [7, 11) is 0. The number of imidazole rings is 1. The van der Waals surface area contributed by atoms with E-state index in [1.807, 2.05) is 12.1 Å². The highest BCUT2D eigenvalue weighted by molar-refractivity contribution is 6.04. The van der Waals surface area contributed by atoms with Crippen LogP contribution in [0, 0.1) is 0 Å². The van der Waals surface area contributed by atoms with Crippen molar-refractivity contribution < 1.29 is 4.79 Å². The van der Waals surface area contributed by atoms with Crippen LogP contribution in [0.4, 0.5) is 0 Å². The van der Waals surface area contributed by atoms with E-state index in [1.165, 1.54) is 5.56 Å². The van der Waals surface area contributed by atoms with Gasteiger partial charge in [-0.3, -0.25) is 9.69 Å². The molecule has 0 radical (unpaired) electrons. The fourth-order valence-corrected chi connectivity index (χ4v) is 4.43. The first-order valence-electron chi connectivity index (χ1n) is 10.1. The number of carbonyl (C=O) groups is 1. The highest BCUT2D eigenvalue weighted by Crippen LogP contribution is 2.31. The van der Waals surface area contributed by atoms with Gasteiger partial charge in [0.25, 0.3) is 5.91 Å². The predicted molar refractivity (Wildman–Crippen MR) is 112 cm³/mol. The SMILES string of the molecule is CC(CC(C)N1CCC(c2nc3c(C(N)=O)cccc3[nH]2)C1)c1ccccc1. The van der Waals surface area contributed by atoms with E-state index >= 15 is 0 Å². The maximum atomic E-state index is 11.7. The first kappa shape index (κ1) is 18.7. The van der Waals surface area contributed by atoms with Crippen LogP contribution in [0.5, 0.6) is 0 Å². The topological polar surface area (TPSA) is 75.0 Å². The Morgan fingerprint density at radius 1 is 1.21 bits per heavy atom. The molecule has 0 aliphatic carbocycles. The van der Waals surface area contributed by atoms with Crippen molar-refractivity contribution in [1.29, 1.82) is 0 Å². The molecule has 5 heteroatoms. The molecule has 3 atom stereocenters. The number of amides is 1. The molecular formula is C23H28N4O. The predicted octanol–water partition coefficient (Wildman–Crippen LogP) is 4.03. The number of hydrogen-bond donors (Lipinski definition) is 2. The molecule has 5 nitrogen and oxygen atoms in total. The molecule has 3 unspecified atom stereocenters. The summed E-state index contributed by atoms with van der Waals surface area (Å²) in [6.07, 6.45) is 2.22. The van der Waals surface area contributed by atoms with Gasteiger partial charge in [0.1, 0.15) is 11.3 Å². The molecule has 4 rings (SSSR count). The number of aromatic nitrogens is 2. The molecule has 28 heavy (non-hydrogen) atoms. The lowest BCUT2D eigenvalue weighted by Crippen LogP contribution is -2.31. The summed E-state index contributed by atoms with van der Waals surface area (Å²) in [5.74, 6) is 1.44. The standard InChI is InChI=1S/C23H28N4O/c1-15(17-7-4-3-5-8-17)13-16(2)27-12-11-18(14-27)23-25-20-10-6-9-19(22(24)28)21(20)26-23/h3-10,15-16,18H,11-14H2,1-2H3,(H2,24,28)(H,25,26). The Kier molecular flexibility index (Phi) is 5.18. The van der Waals surface area contributed by atoms with Crippen molar-refractivity contribution in [1.82, 2.24) is 14.9 Å². The molecule has 1 aliphatic heterocycles. The van der Waals surface area contributed by atoms with Gasteiger partial charge >= 0.3 is 0 Å². The second-order valence-electron chi connectivity index (χ2n) is 8.07. The number of nitrogens with zero attached hydrogens (tertiary/aromatic N) is 2. The summed E-state index contributed by atoms with van der Waals surface area (Å²) in [6.45, 7) is 6.71. The van der Waals surface area contributed by atoms with E-state index < -0.39 is 5.91 Å². The molecule has 1 saturated heterocycles. The Balaban J connectivity index is 1.44. The molecule has 0 bridgehead atoms. The summed E-state index contributed by atoms with van der Waals surface area (Å²) in [4.78, 5) is 22.4. The van der Waals surface area contributed by atoms with Crippen molar-refractivity contribution in [3.8, 4) is 0 Å². The zero-order valence-corrected chi connectivity index (χ0v) is 16.6. The van der Waals surface area contributed by atoms with E-state index in [4.69, 9.17) is 10.7 Å². The second-order valence-corrected chi connectivity index (χ2v) is 8.07. The normalized spacial score (nSPS) is 19.7. The lowest BCUT2D eigenvalue weighted by atomic mass is 9.94. The number of fused-ring (bicyclic) bond motifs is 1. The Bertz CT molecular complexity index is 965. The van der Waals surface area contributed by atoms with E-state index in [0.717, 1.165) is 37.3 Å². The largest absolute Gasteiger partial charge is 0.366 e. The lowest BCUT2D eigenvalue weighted by Gasteiger charge is -2.27. The van der Waals surface area contributed by atoms with Crippen molar-refractivity contribution in [2.75, 3.05) is 13.1 Å². The molecule has 3 N–H and O–H groups in total. The van der Waals surface area contributed by atoms with Gasteiger partial charge in [-0.25, -0.2) is 4.98 Å². The first-order valence-corrected chi connectivity index (χ1v) is 10.1. The molecule has 0 saturated carbocycles. The Hall–Kier alpha value is -2.66. The smallest absolute Gasteiger partial charge is 0.250 e. The Labute approximate surface area is 166 Å². The zero-order chi connectivity index (χ0) is 19.7. The average molecular weight is 377 g/mol. The van der Waals surface area contributed by atoms with Gasteiger partial charge in [-0.05, 0) is 49.9 Å². The summed E-state index contributed by atoms with van der Waals surface area (Å²) in [5.41, 5.74) is 8.96. The van der Waals surface area contributed by atoms with Crippen molar-refractivity contribution in [3.05, 3.63) is 65.5 Å². The van der Waals surface area contributed by atoms with E-state index in [1.54, 1.807) is 6.07 Å². The lowest BCUT2D eigenvalue weighted by molar-refractivity contribution is 0.100. The molecule has 3 aromatic rings. The minimum atomic E-state index is -0.430. The third-order valence-electron chi connectivity index (χ3n) is 6.09. The van der Waals surface area contributed by atoms with Crippen LogP contribution in [0.25, 0.3) is 11.0 Å². The minimum absolute atomic E-state index is 0.364. The van der Waals surface area contributed by atoms with E-state index in [9.17, 15) is 4.79 Å². The fourth-order valence-electron chi connectivity index (χ4n) is 4.43. The summed E-state index contributed by atoms with van der Waals surface area (Å²) in [5, 5.41) is 0. The van der Waals surface area contributed by atoms with Crippen molar-refractivity contribution in [2.24, 2.45) is 5.73 Å². The van der Waals surface area contributed by atoms with Crippen LogP contribution >= 0.6 is 0 Å². The molecule has 1 amide bonds. The maximum absolute atomic E-state index is 11.7. The number of rotatable bonds is 6. The number of para-hydroxylation sites is 1. The molecule has 1 aliphatic rings. The summed E-state index contributed by atoms with van der Waals surface area (Å²) < 4.78 is 0. The number of primary amides is 1. The van der Waals surface area contributed by atoms with Crippen LogP contribution < -0.4 is 5.73 Å². The van der Waals surface area contributed by atoms with Crippen LogP contribution in [0.3, 0.4) is 0 Å². The van der Waals surface area contributed by atoms with Gasteiger partial charge in [-0.15, -0.1) is 0 Å². The summed E-state index contributed by atoms with van der Waals surface area (Å²) in [6, 6.07) is 16.8. The average Bonchev–Trinajstić information content (AvgIpc) is 3.35. The van der Waals surface area contributed by atoms with E-state index in [0.29, 0.717) is 29.0 Å². The van der Waals surface area contributed by atoms with Crippen molar-refractivity contribution in [2.45, 2.75) is 44.6 Å². The zero-order valence-electron chi connectivity index (χ0n) is 16.6. The van der Waals surface area contributed by atoms with E-state index in [2.05, 4.69) is 54.1 Å². The van der Waals surface area contributed by atoms with Crippen LogP contribution in [-0.2, 0) is 0 Å². The number of benzene rings is 2. The summed E-state index contributed by atoms with van der Waals surface area (Å²) >= 11 is 0. The number of nitrogens with two attached hydrogens (primary N) is 1. The maximum Gasteiger partial charge on any atom is 0.250 e. The molecular weight excluding hydrogens is 348 g/mol. The van der Waals surface area contributed by atoms with E-state index in [-0.39, 0.29) is 0 Å². The van der Waals surface area contributed by atoms with Gasteiger partial charge in [-0.2, -0.15) is 0 Å². The van der Waals surface area contributed by atoms with Crippen LogP contribution in [0.2, 0.25) is 0 Å². The van der Waals surface area contributed by atoms with Crippen LogP contribution in [0.1, 0.15) is 60.3 Å². The van der Waals surface area contributed by atoms with Crippen LogP contribution in [0.15, 0.2) is 48.5 Å². The van der Waals surface area contributed by atoms with Gasteiger partial charge in [0.15, 0.2) is 0 Å². The second kappa shape index (κ2) is 7.76. The Morgan fingerprint density at radius 2 is 2.00 bits per heavy atom. The number of hydrogen-bond acceptors (Lipinski definition) is 3. The molecule has 0 spiro atoms. The van der Waals surface area contributed by atoms with Crippen molar-refractivity contribution >= 4 is 16.9 Å². The molecule has 2 heterocycles. The molecule has 1 fully saturated rings. The minimum Gasteiger partial charge on any atom is -0.366 e. The third-order valence-corrected chi connectivity index (χ3v) is 6.09. The highest BCUT2D eigenvalue weighted by Gasteiger charge is 2.30. The number of carbonyl (C=O) groups excluding carboxylic acids is 1. The quantitative estimate of drug-likeness (QED) is 0.682. The number of aromatic amines is 1. The van der Waals surface area contributed by atoms with Crippen molar-refractivity contribution in [3.63, 3.8) is 0 Å². The monoisotopic (exact) mass is 376 g/mol. The highest BCUT2D eigenvalue weighted by atomic mass is 16.1. The van der Waals surface area contributed by atoms with Gasteiger partial charge in [0.05, 0.1) is 11.1 Å². The third kappa shape index (κ3) is 3.67. The fraction of sp³-hybridized carbons (Fsp3) is 0.391. The first-order chi connectivity index (χ1) is 13.5. The van der Waals surface area contributed by atoms with Crippen LogP contribution in [-0.4, -0.2) is 39.9 Å². The Morgan fingerprint density at radius 3 is 2.75 bits per heavy atom. The van der Waals surface area contributed by atoms with Gasteiger partial charge in [0.2, 0.25) is 0 Å². The molecule has 2 aromatic carbocycles. The van der Waals surface area contributed by atoms with Gasteiger partial charge in [0, 0.05) is 18.5 Å². The number of H-pyrrole nitrogens is 1. The number of likely N-dealkylation sites (tertiary alicyclic amines) is 1. The van der Waals surface area contributed by atoms with Gasteiger partial charge in [-0.1, -0.05) is 43.3 Å². The van der Waals surface area contributed by atoms with Gasteiger partial charge < -0.3 is 10.7 Å². The molecule has 146 valence electrons. The number of nitrogens with one attached hydrogen (secondary N) is 1. The molecule has 1 aromatic heterocycles.